The van der Waals surface area contributed by atoms with Crippen LogP contribution in [0.1, 0.15) is 47.1 Å². The maximum atomic E-state index is 13.6. The number of carbonyl (C=O) groups is 2. The molecule has 1 aliphatic rings. The maximum Gasteiger partial charge on any atom is 0.338 e. The van der Waals surface area contributed by atoms with Crippen LogP contribution < -0.4 is 10.4 Å². The van der Waals surface area contributed by atoms with Gasteiger partial charge in [0.1, 0.15) is 17.6 Å². The van der Waals surface area contributed by atoms with E-state index in [1.54, 1.807) is 60.7 Å². The zero-order valence-electron chi connectivity index (χ0n) is 29.8. The fraction of sp³-hybridized carbons (Fsp3) is 0.256. The fourth-order valence-electron chi connectivity index (χ4n) is 6.63. The van der Waals surface area contributed by atoms with Gasteiger partial charge in [0.05, 0.1) is 17.7 Å². The van der Waals surface area contributed by atoms with Gasteiger partial charge in [-0.15, -0.1) is 0 Å². The van der Waals surface area contributed by atoms with Crippen LogP contribution in [-0.4, -0.2) is 61.8 Å². The number of thioether (sulfide) groups is 1. The zero-order chi connectivity index (χ0) is 36.7. The third-order valence-corrected chi connectivity index (χ3v) is 15.4. The SMILES string of the molecule is Cc1ccc(S[C@@H]2O[C@H](CO[Si](c3ccccc3)(c3ccccc3)C(C)(C)C)[C@H](O)[C@H](OC(=O)c3ccccc3)[C@H]2OC(=O)c2ccccc2)cc1. The Hall–Kier alpha value is -4.51. The van der Waals surface area contributed by atoms with E-state index in [0.29, 0.717) is 11.1 Å². The van der Waals surface area contributed by atoms with Crippen molar-refractivity contribution in [2.24, 2.45) is 0 Å². The molecule has 0 unspecified atom stereocenters. The van der Waals surface area contributed by atoms with Crippen LogP contribution in [-0.2, 0) is 18.6 Å². The Kier molecular flexibility index (Phi) is 11.8. The first-order chi connectivity index (χ1) is 25.1. The molecule has 1 fully saturated rings. The molecule has 0 amide bonds. The van der Waals surface area contributed by atoms with Gasteiger partial charge in [-0.05, 0) is 58.7 Å². The lowest BCUT2D eigenvalue weighted by Gasteiger charge is -2.46. The van der Waals surface area contributed by atoms with Gasteiger partial charge < -0.3 is 23.7 Å². The second-order valence-corrected chi connectivity index (χ2v) is 19.4. The number of aryl methyl sites for hydroxylation is 1. The second kappa shape index (κ2) is 16.4. The molecular formula is C43H44O7SSi. The molecule has 5 aromatic carbocycles. The average Bonchev–Trinajstić information content (AvgIpc) is 3.16. The minimum absolute atomic E-state index is 0.0157. The molecule has 0 saturated carbocycles. The summed E-state index contributed by atoms with van der Waals surface area (Å²) in [5, 5.41) is 14.0. The minimum Gasteiger partial charge on any atom is -0.452 e. The number of hydrogen-bond donors (Lipinski definition) is 1. The number of benzene rings is 5. The first-order valence-electron chi connectivity index (χ1n) is 17.4. The molecule has 1 N–H and O–H groups in total. The maximum absolute atomic E-state index is 13.6. The van der Waals surface area contributed by atoms with Gasteiger partial charge in [0, 0.05) is 4.90 Å². The molecule has 268 valence electrons. The summed E-state index contributed by atoms with van der Waals surface area (Å²) in [4.78, 5) is 28.1. The first-order valence-corrected chi connectivity index (χ1v) is 20.2. The highest BCUT2D eigenvalue weighted by Gasteiger charge is 2.54. The molecule has 9 heteroatoms. The lowest BCUT2D eigenvalue weighted by Crippen LogP contribution is -2.68. The molecule has 5 aromatic rings. The van der Waals surface area contributed by atoms with Crippen molar-refractivity contribution >= 4 is 42.4 Å². The van der Waals surface area contributed by atoms with Crippen molar-refractivity contribution in [2.75, 3.05) is 6.61 Å². The summed E-state index contributed by atoms with van der Waals surface area (Å²) < 4.78 is 26.2. The van der Waals surface area contributed by atoms with Crippen LogP contribution in [0.5, 0.6) is 0 Å². The van der Waals surface area contributed by atoms with Crippen LogP contribution in [0.3, 0.4) is 0 Å². The Balaban J connectivity index is 1.40. The summed E-state index contributed by atoms with van der Waals surface area (Å²) in [6.45, 7) is 8.52. The van der Waals surface area contributed by atoms with Gasteiger partial charge in [0.2, 0.25) is 0 Å². The van der Waals surface area contributed by atoms with Crippen LogP contribution >= 0.6 is 11.8 Å². The summed E-state index contributed by atoms with van der Waals surface area (Å²) in [5.74, 6) is -1.28. The highest BCUT2D eigenvalue weighted by atomic mass is 32.2. The van der Waals surface area contributed by atoms with Gasteiger partial charge in [-0.2, -0.15) is 0 Å². The normalized spacial score (nSPS) is 20.5. The largest absolute Gasteiger partial charge is 0.452 e. The fourth-order valence-corrected chi connectivity index (χ4v) is 12.3. The number of esters is 2. The molecule has 7 nitrogen and oxygen atoms in total. The van der Waals surface area contributed by atoms with Crippen molar-refractivity contribution in [1.82, 2.24) is 0 Å². The van der Waals surface area contributed by atoms with E-state index in [1.807, 2.05) is 67.6 Å². The quantitative estimate of drug-likeness (QED) is 0.113. The lowest BCUT2D eigenvalue weighted by molar-refractivity contribution is -0.205. The average molecular weight is 733 g/mol. The number of carbonyl (C=O) groups excluding carboxylic acids is 2. The van der Waals surface area contributed by atoms with Gasteiger partial charge in [-0.3, -0.25) is 0 Å². The van der Waals surface area contributed by atoms with Crippen molar-refractivity contribution in [2.45, 2.75) is 67.5 Å². The molecule has 52 heavy (non-hydrogen) atoms. The summed E-state index contributed by atoms with van der Waals surface area (Å²) >= 11 is 1.34. The molecule has 0 aromatic heterocycles. The molecule has 0 spiro atoms. The van der Waals surface area contributed by atoms with E-state index >= 15 is 0 Å². The van der Waals surface area contributed by atoms with Crippen LogP contribution in [0.25, 0.3) is 0 Å². The van der Waals surface area contributed by atoms with Crippen molar-refractivity contribution in [3.63, 3.8) is 0 Å². The predicted molar refractivity (Wildman–Crippen MR) is 207 cm³/mol. The molecule has 0 bridgehead atoms. The number of hydrogen-bond acceptors (Lipinski definition) is 8. The van der Waals surface area contributed by atoms with E-state index < -0.39 is 50.1 Å². The van der Waals surface area contributed by atoms with Crippen LogP contribution in [0.15, 0.2) is 150 Å². The van der Waals surface area contributed by atoms with E-state index in [2.05, 4.69) is 45.0 Å². The Morgan fingerprint density at radius 1 is 0.673 bits per heavy atom. The molecule has 5 atom stereocenters. The van der Waals surface area contributed by atoms with E-state index in [1.165, 1.54) is 11.8 Å². The lowest BCUT2D eigenvalue weighted by atomic mass is 9.99. The van der Waals surface area contributed by atoms with Crippen molar-refractivity contribution in [3.8, 4) is 0 Å². The van der Waals surface area contributed by atoms with Gasteiger partial charge in [-0.1, -0.05) is 147 Å². The van der Waals surface area contributed by atoms with E-state index in [0.717, 1.165) is 20.8 Å². The van der Waals surface area contributed by atoms with Gasteiger partial charge in [0.15, 0.2) is 12.2 Å². The topological polar surface area (TPSA) is 91.3 Å². The standard InChI is InChI=1S/C43H44O7SSi/c1-30-25-27-33(28-26-30)51-42-39(50-41(46)32-19-11-6-12-20-32)38(49-40(45)31-17-9-5-10-18-31)37(44)36(48-42)29-47-52(43(2,3)4,34-21-13-7-14-22-34)35-23-15-8-16-24-35/h5-28,36-39,42,44H,29H2,1-4H3/t36-,37+,38+,39-,42+/m1/s1. The summed E-state index contributed by atoms with van der Waals surface area (Å²) in [6.07, 6.45) is -4.82. The van der Waals surface area contributed by atoms with Crippen LogP contribution in [0.4, 0.5) is 0 Å². The summed E-state index contributed by atoms with van der Waals surface area (Å²) in [5.41, 5.74) is 0.835. The van der Waals surface area contributed by atoms with E-state index in [9.17, 15) is 14.7 Å². The Labute approximate surface area is 311 Å². The highest BCUT2D eigenvalue weighted by molar-refractivity contribution is 7.99. The van der Waals surface area contributed by atoms with Gasteiger partial charge in [0.25, 0.3) is 8.32 Å². The monoisotopic (exact) mass is 732 g/mol. The number of aliphatic hydroxyl groups excluding tert-OH is 1. The molecular weight excluding hydrogens is 689 g/mol. The Morgan fingerprint density at radius 3 is 1.58 bits per heavy atom. The van der Waals surface area contributed by atoms with Crippen molar-refractivity contribution in [1.29, 1.82) is 0 Å². The third kappa shape index (κ3) is 8.25. The van der Waals surface area contributed by atoms with E-state index in [4.69, 9.17) is 18.6 Å². The summed E-state index contributed by atoms with van der Waals surface area (Å²) in [6, 6.07) is 45.5. The third-order valence-electron chi connectivity index (χ3n) is 9.28. The Morgan fingerprint density at radius 2 is 1.12 bits per heavy atom. The molecule has 1 aliphatic heterocycles. The van der Waals surface area contributed by atoms with E-state index in [-0.39, 0.29) is 11.6 Å². The first kappa shape index (κ1) is 37.3. The second-order valence-electron chi connectivity index (χ2n) is 13.9. The molecule has 0 radical (unpaired) electrons. The molecule has 1 saturated heterocycles. The molecule has 1 heterocycles. The number of ether oxygens (including phenoxy) is 3. The highest BCUT2D eigenvalue weighted by Crippen LogP contribution is 2.40. The van der Waals surface area contributed by atoms with Crippen molar-refractivity contribution < 1.29 is 33.3 Å². The van der Waals surface area contributed by atoms with Crippen LogP contribution in [0, 0.1) is 6.92 Å². The number of aliphatic hydroxyl groups is 1. The van der Waals surface area contributed by atoms with Gasteiger partial charge in [-0.25, -0.2) is 9.59 Å². The predicted octanol–water partition coefficient (Wildman–Crippen LogP) is 7.20. The minimum atomic E-state index is -3.05. The van der Waals surface area contributed by atoms with Gasteiger partial charge >= 0.3 is 11.9 Å². The summed E-state index contributed by atoms with van der Waals surface area (Å²) in [7, 11) is -3.05. The smallest absolute Gasteiger partial charge is 0.338 e. The van der Waals surface area contributed by atoms with Crippen LogP contribution in [0.2, 0.25) is 5.04 Å². The molecule has 6 rings (SSSR count). The number of rotatable bonds is 11. The Bertz CT molecular complexity index is 1860. The van der Waals surface area contributed by atoms with Crippen molar-refractivity contribution in [3.05, 3.63) is 162 Å². The molecule has 0 aliphatic carbocycles. The zero-order valence-corrected chi connectivity index (χ0v) is 31.6.